The molecule has 4 heterocycles. The number of hydrogen-bond acceptors (Lipinski definition) is 0. The fraction of sp³-hybridized carbons (Fsp3) is 0.0400. The van der Waals surface area contributed by atoms with Gasteiger partial charge in [0, 0.05) is 71.1 Å². The largest absolute Gasteiger partial charge is 0.309 e. The molecule has 4 nitrogen and oxygen atoms in total. The summed E-state index contributed by atoms with van der Waals surface area (Å²) in [6.45, 7) is 4.69. The van der Waals surface area contributed by atoms with Gasteiger partial charge in [-0.15, -0.1) is 0 Å². The van der Waals surface area contributed by atoms with E-state index in [1.807, 2.05) is 0 Å². The van der Waals surface area contributed by atoms with Gasteiger partial charge < -0.3 is 18.3 Å². The lowest BCUT2D eigenvalue weighted by molar-refractivity contribution is 0.660. The van der Waals surface area contributed by atoms with Crippen LogP contribution in [0, 0.1) is 0 Å². The summed E-state index contributed by atoms with van der Waals surface area (Å²) in [5.74, 6) is 0. The van der Waals surface area contributed by atoms with E-state index < -0.39 is 5.41 Å². The quantitative estimate of drug-likeness (QED) is 0.144. The summed E-state index contributed by atoms with van der Waals surface area (Å²) in [5.41, 5.74) is 32.0. The normalized spacial score (nSPS) is 13.2. The van der Waals surface area contributed by atoms with Crippen LogP contribution in [0.2, 0.25) is 0 Å². The van der Waals surface area contributed by atoms with Crippen LogP contribution < -0.4 is 0 Å². The van der Waals surface area contributed by atoms with Crippen molar-refractivity contribution in [2.75, 3.05) is 0 Å². The molecule has 0 saturated heterocycles. The van der Waals surface area contributed by atoms with E-state index in [4.69, 9.17) is 0 Å². The second-order valence-electron chi connectivity index (χ2n) is 28.6. The van der Waals surface area contributed by atoms with Gasteiger partial charge in [0.05, 0.1) is 55.2 Å². The van der Waals surface area contributed by atoms with Crippen LogP contribution in [-0.2, 0) is 10.8 Å². The molecule has 20 aromatic rings. The Balaban J connectivity index is 0.000000137. The van der Waals surface area contributed by atoms with Gasteiger partial charge in [0.1, 0.15) is 0 Å². The molecule has 488 valence electrons. The molecule has 2 aliphatic rings. The summed E-state index contributed by atoms with van der Waals surface area (Å²) in [4.78, 5) is 0. The number of rotatable bonds is 8. The second-order valence-corrected chi connectivity index (χ2v) is 28.6. The summed E-state index contributed by atoms with van der Waals surface area (Å²) in [5, 5.41) is 10.1. The lowest BCUT2D eigenvalue weighted by atomic mass is 9.67. The van der Waals surface area contributed by atoms with Crippen LogP contribution in [0.15, 0.2) is 376 Å². The molecular weight excluding hydrogens is 1260 g/mol. The predicted octanol–water partition coefficient (Wildman–Crippen LogP) is 25.8. The van der Waals surface area contributed by atoms with E-state index in [0.717, 1.165) is 0 Å². The van der Waals surface area contributed by atoms with Crippen molar-refractivity contribution < 1.29 is 0 Å². The SMILES string of the molecule is CC1(C)c2ccccc2-c2cc(-n3c4ccccc4c4cc(-c5ccc6c(c5)c5ccccc5n6-c5ccccc5)ccc43)ccc21.c1ccc(-n2c3ccccc3c3cc(-c4ccc5c(c4)c4ccccc4n5-c4cccc5c4C(c4ccccc4)(c4ccccc4)c4ccccc4-5)ccc32)cc1. The Morgan fingerprint density at radius 2 is 0.529 bits per heavy atom. The zero-order valence-corrected chi connectivity index (χ0v) is 57.6. The third-order valence-electron chi connectivity index (χ3n) is 22.9. The average Bonchev–Trinajstić information content (AvgIpc) is 1.51. The first-order valence-corrected chi connectivity index (χ1v) is 36.2. The molecule has 16 aromatic carbocycles. The molecule has 0 radical (unpaired) electrons. The van der Waals surface area contributed by atoms with Crippen molar-refractivity contribution in [1.82, 2.24) is 18.3 Å². The number of fused-ring (bicyclic) bond motifs is 18. The van der Waals surface area contributed by atoms with Crippen LogP contribution in [0.4, 0.5) is 0 Å². The Kier molecular flexibility index (Phi) is 13.3. The molecule has 0 bridgehead atoms. The third kappa shape index (κ3) is 8.73. The minimum Gasteiger partial charge on any atom is -0.309 e. The van der Waals surface area contributed by atoms with E-state index in [1.54, 1.807) is 0 Å². The Bertz CT molecular complexity index is 6820. The maximum atomic E-state index is 2.52. The van der Waals surface area contributed by atoms with Crippen molar-refractivity contribution in [3.8, 4) is 67.3 Å². The molecular formula is C100H68N4. The van der Waals surface area contributed by atoms with Crippen molar-refractivity contribution >= 4 is 87.2 Å². The fourth-order valence-electron chi connectivity index (χ4n) is 18.4. The Hall–Kier alpha value is -13.3. The number of nitrogens with zero attached hydrogens (tertiary/aromatic N) is 4. The van der Waals surface area contributed by atoms with Gasteiger partial charge >= 0.3 is 0 Å². The lowest BCUT2D eigenvalue weighted by Gasteiger charge is -2.35. The van der Waals surface area contributed by atoms with Crippen molar-refractivity contribution in [3.63, 3.8) is 0 Å². The summed E-state index contributed by atoms with van der Waals surface area (Å²) < 4.78 is 9.73. The Labute approximate surface area is 603 Å². The maximum Gasteiger partial charge on any atom is 0.0734 e. The van der Waals surface area contributed by atoms with E-state index in [0.29, 0.717) is 0 Å². The topological polar surface area (TPSA) is 19.7 Å². The molecule has 0 saturated carbocycles. The highest BCUT2D eigenvalue weighted by Crippen LogP contribution is 2.59. The smallest absolute Gasteiger partial charge is 0.0734 e. The van der Waals surface area contributed by atoms with Crippen LogP contribution in [0.1, 0.15) is 47.2 Å². The highest BCUT2D eigenvalue weighted by Gasteiger charge is 2.48. The Morgan fingerprint density at radius 1 is 0.202 bits per heavy atom. The minimum atomic E-state index is -0.517. The van der Waals surface area contributed by atoms with Gasteiger partial charge in [-0.05, 0) is 188 Å². The van der Waals surface area contributed by atoms with Gasteiger partial charge in [0.15, 0.2) is 0 Å². The van der Waals surface area contributed by atoms with Crippen molar-refractivity contribution in [2.45, 2.75) is 24.7 Å². The predicted molar refractivity (Wildman–Crippen MR) is 436 cm³/mol. The summed E-state index contributed by atoms with van der Waals surface area (Å²) in [7, 11) is 0. The van der Waals surface area contributed by atoms with Gasteiger partial charge in [-0.1, -0.05) is 275 Å². The summed E-state index contributed by atoms with van der Waals surface area (Å²) in [6, 6.07) is 139. The number of benzene rings is 16. The van der Waals surface area contributed by atoms with E-state index in [-0.39, 0.29) is 5.41 Å². The molecule has 4 aromatic heterocycles. The summed E-state index contributed by atoms with van der Waals surface area (Å²) in [6.07, 6.45) is 0. The molecule has 0 spiro atoms. The molecule has 104 heavy (non-hydrogen) atoms. The van der Waals surface area contributed by atoms with Gasteiger partial charge in [-0.3, -0.25) is 0 Å². The molecule has 0 unspecified atom stereocenters. The molecule has 0 amide bonds. The van der Waals surface area contributed by atoms with Crippen LogP contribution in [0.25, 0.3) is 154 Å². The standard InChI is InChI=1S/C55H36N2.C45H32N2/c1-4-17-39(18-5-1)55(40-19-6-2-7-20-40)48-27-13-10-23-42(48)45-26-16-30-53(54(45)55)57-50-29-15-12-25-44(50)47-36-38(32-34-52(47)57)37-31-33-51-46(35-37)43-24-11-14-28-49(43)56(51)41-21-8-3-9-22-41;1-45(2)39-17-9-6-14-33(39)36-28-32(22-23-40(36)45)47-42-19-11-8-16-35(42)38-27-30(21-25-44(38)47)29-20-24-43-37(26-29)34-15-7-10-18-41(34)46(43)31-12-4-3-5-13-31/h1-36H;3-28H,1-2H3. The highest BCUT2D eigenvalue weighted by molar-refractivity contribution is 6.15. The maximum absolute atomic E-state index is 2.52. The van der Waals surface area contributed by atoms with Crippen LogP contribution in [0.3, 0.4) is 0 Å². The molecule has 0 N–H and O–H groups in total. The zero-order chi connectivity index (χ0) is 68.8. The third-order valence-corrected chi connectivity index (χ3v) is 22.9. The molecule has 4 heteroatoms. The van der Waals surface area contributed by atoms with Crippen LogP contribution >= 0.6 is 0 Å². The highest BCUT2D eigenvalue weighted by atomic mass is 15.0. The number of aromatic nitrogens is 4. The average molecular weight is 1330 g/mol. The molecule has 0 atom stereocenters. The van der Waals surface area contributed by atoms with Crippen LogP contribution in [0.5, 0.6) is 0 Å². The van der Waals surface area contributed by atoms with Crippen LogP contribution in [-0.4, -0.2) is 18.3 Å². The van der Waals surface area contributed by atoms with Gasteiger partial charge in [-0.2, -0.15) is 0 Å². The van der Waals surface area contributed by atoms with Crippen molar-refractivity contribution in [2.24, 2.45) is 0 Å². The zero-order valence-electron chi connectivity index (χ0n) is 57.6. The summed E-state index contributed by atoms with van der Waals surface area (Å²) >= 11 is 0. The molecule has 2 aliphatic carbocycles. The van der Waals surface area contributed by atoms with Gasteiger partial charge in [0.25, 0.3) is 0 Å². The molecule has 0 fully saturated rings. The minimum absolute atomic E-state index is 0.00527. The van der Waals surface area contributed by atoms with E-state index >= 15 is 0 Å². The molecule has 0 aliphatic heterocycles. The van der Waals surface area contributed by atoms with Gasteiger partial charge in [0.2, 0.25) is 0 Å². The van der Waals surface area contributed by atoms with Crippen molar-refractivity contribution in [1.29, 1.82) is 0 Å². The fourth-order valence-corrected chi connectivity index (χ4v) is 18.4. The number of hydrogen-bond donors (Lipinski definition) is 0. The first-order valence-electron chi connectivity index (χ1n) is 36.2. The number of para-hydroxylation sites is 6. The molecule has 22 rings (SSSR count). The van der Waals surface area contributed by atoms with E-state index in [1.165, 1.54) is 188 Å². The van der Waals surface area contributed by atoms with Gasteiger partial charge in [-0.25, -0.2) is 0 Å². The first-order chi connectivity index (χ1) is 51.4. The van der Waals surface area contributed by atoms with E-state index in [9.17, 15) is 0 Å². The lowest BCUT2D eigenvalue weighted by Crippen LogP contribution is -2.29. The first kappa shape index (κ1) is 59.6. The Morgan fingerprint density at radius 3 is 0.981 bits per heavy atom. The van der Waals surface area contributed by atoms with Crippen molar-refractivity contribution in [3.05, 3.63) is 409 Å². The monoisotopic (exact) mass is 1320 g/mol. The second kappa shape index (κ2) is 23.1. The van der Waals surface area contributed by atoms with E-state index in [2.05, 4.69) is 408 Å².